The highest BCUT2D eigenvalue weighted by Gasteiger charge is 2.26. The third-order valence-corrected chi connectivity index (χ3v) is 3.38. The van der Waals surface area contributed by atoms with E-state index in [1.807, 2.05) is 0 Å². The van der Waals surface area contributed by atoms with Crippen molar-refractivity contribution >= 4 is 29.2 Å². The summed E-state index contributed by atoms with van der Waals surface area (Å²) < 4.78 is 5.19. The minimum absolute atomic E-state index is 0.0430. The van der Waals surface area contributed by atoms with E-state index in [-0.39, 0.29) is 17.2 Å². The Hall–Kier alpha value is -3.21. The smallest absolute Gasteiger partial charge is 0.345 e. The van der Waals surface area contributed by atoms with Gasteiger partial charge in [-0.25, -0.2) is 4.79 Å². The second-order valence-electron chi connectivity index (χ2n) is 7.04. The summed E-state index contributed by atoms with van der Waals surface area (Å²) in [6, 6.07) is 2.79. The molecule has 0 fully saturated rings. The first-order chi connectivity index (χ1) is 12.9. The number of ether oxygens (including phenoxy) is 1. The predicted octanol–water partition coefficient (Wildman–Crippen LogP) is 0.870. The number of nitrogens with one attached hydrogen (secondary N) is 1. The molecule has 0 saturated heterocycles. The molecule has 11 heteroatoms. The summed E-state index contributed by atoms with van der Waals surface area (Å²) in [5.74, 6) is -1.41. The van der Waals surface area contributed by atoms with Crippen LogP contribution in [-0.2, 0) is 9.53 Å². The second-order valence-corrected chi connectivity index (χ2v) is 7.04. The van der Waals surface area contributed by atoms with Crippen molar-refractivity contribution in [2.45, 2.75) is 45.3 Å². The molecule has 0 aliphatic carbocycles. The van der Waals surface area contributed by atoms with Crippen LogP contribution in [0.25, 0.3) is 0 Å². The number of rotatable bonds is 8. The molecule has 1 rings (SSSR count). The molecule has 1 aromatic rings. The number of nitrogens with two attached hydrogens (primary N) is 3. The zero-order chi connectivity index (χ0) is 21.5. The van der Waals surface area contributed by atoms with Crippen LogP contribution in [0.1, 0.15) is 44.0 Å². The Labute approximate surface area is 162 Å². The molecular formula is C17H26N6O5. The van der Waals surface area contributed by atoms with Crippen LogP contribution in [0, 0.1) is 10.1 Å². The van der Waals surface area contributed by atoms with Crippen molar-refractivity contribution in [3.05, 3.63) is 33.9 Å². The number of amides is 1. The SMILES string of the molecule is CC(C)(C)OC(=O)c1cc(NC(=O)[C@@H](N)CCCN=C(N)N)ccc1[N+](=O)[O-]. The molecule has 1 amide bonds. The fourth-order valence-electron chi connectivity index (χ4n) is 2.15. The van der Waals surface area contributed by atoms with Crippen LogP contribution < -0.4 is 22.5 Å². The average Bonchev–Trinajstić information content (AvgIpc) is 2.56. The minimum Gasteiger partial charge on any atom is -0.456 e. The number of hydrogen-bond donors (Lipinski definition) is 4. The Morgan fingerprint density at radius 2 is 1.96 bits per heavy atom. The summed E-state index contributed by atoms with van der Waals surface area (Å²) in [4.78, 5) is 38.8. The van der Waals surface area contributed by atoms with Gasteiger partial charge in [0.05, 0.1) is 11.0 Å². The molecule has 0 aliphatic rings. The van der Waals surface area contributed by atoms with E-state index in [2.05, 4.69) is 10.3 Å². The molecule has 0 unspecified atom stereocenters. The van der Waals surface area contributed by atoms with E-state index in [9.17, 15) is 19.7 Å². The van der Waals surface area contributed by atoms with Crippen molar-refractivity contribution in [1.29, 1.82) is 0 Å². The van der Waals surface area contributed by atoms with E-state index in [0.717, 1.165) is 6.07 Å². The Balaban J connectivity index is 2.89. The molecule has 0 saturated carbocycles. The topological polar surface area (TPSA) is 189 Å². The largest absolute Gasteiger partial charge is 0.456 e. The van der Waals surface area contributed by atoms with Crippen LogP contribution in [0.5, 0.6) is 0 Å². The lowest BCUT2D eigenvalue weighted by atomic mass is 10.1. The van der Waals surface area contributed by atoms with Crippen LogP contribution in [0.3, 0.4) is 0 Å². The Bertz CT molecular complexity index is 768. The summed E-state index contributed by atoms with van der Waals surface area (Å²) in [5.41, 5.74) is 14.9. The maximum atomic E-state index is 12.3. The van der Waals surface area contributed by atoms with Gasteiger partial charge in [-0.1, -0.05) is 0 Å². The van der Waals surface area contributed by atoms with Crippen LogP contribution in [0.2, 0.25) is 0 Å². The van der Waals surface area contributed by atoms with E-state index >= 15 is 0 Å². The Kier molecular flexibility index (Phi) is 7.87. The summed E-state index contributed by atoms with van der Waals surface area (Å²) in [7, 11) is 0. The van der Waals surface area contributed by atoms with Gasteiger partial charge in [-0.3, -0.25) is 19.9 Å². The van der Waals surface area contributed by atoms with Crippen LogP contribution in [0.15, 0.2) is 23.2 Å². The summed E-state index contributed by atoms with van der Waals surface area (Å²) >= 11 is 0. The molecule has 0 aliphatic heterocycles. The highest BCUT2D eigenvalue weighted by atomic mass is 16.6. The lowest BCUT2D eigenvalue weighted by Crippen LogP contribution is -2.35. The second kappa shape index (κ2) is 9.65. The molecule has 1 aromatic carbocycles. The number of guanidine groups is 1. The van der Waals surface area contributed by atoms with E-state index in [0.29, 0.717) is 19.4 Å². The van der Waals surface area contributed by atoms with E-state index in [1.165, 1.54) is 12.1 Å². The molecule has 0 spiro atoms. The maximum Gasteiger partial charge on any atom is 0.345 e. The number of carbonyl (C=O) groups is 2. The van der Waals surface area contributed by atoms with Crippen molar-refractivity contribution in [1.82, 2.24) is 0 Å². The average molecular weight is 394 g/mol. The van der Waals surface area contributed by atoms with Crippen molar-refractivity contribution in [3.63, 3.8) is 0 Å². The lowest BCUT2D eigenvalue weighted by molar-refractivity contribution is -0.385. The molecule has 7 N–H and O–H groups in total. The summed E-state index contributed by atoms with van der Waals surface area (Å²) in [6.07, 6.45) is 0.824. The zero-order valence-corrected chi connectivity index (χ0v) is 16.1. The molecular weight excluding hydrogens is 368 g/mol. The monoisotopic (exact) mass is 394 g/mol. The van der Waals surface area contributed by atoms with Crippen molar-refractivity contribution in [2.75, 3.05) is 11.9 Å². The van der Waals surface area contributed by atoms with E-state index < -0.39 is 34.1 Å². The number of nitrogens with zero attached hydrogens (tertiary/aromatic N) is 2. The van der Waals surface area contributed by atoms with Gasteiger partial charge in [0.2, 0.25) is 5.91 Å². The quantitative estimate of drug-likeness (QED) is 0.125. The Morgan fingerprint density at radius 1 is 1.32 bits per heavy atom. The van der Waals surface area contributed by atoms with Gasteiger partial charge in [0.1, 0.15) is 11.2 Å². The molecule has 154 valence electrons. The van der Waals surface area contributed by atoms with Gasteiger partial charge in [0.15, 0.2) is 5.96 Å². The third kappa shape index (κ3) is 7.58. The fourth-order valence-corrected chi connectivity index (χ4v) is 2.15. The van der Waals surface area contributed by atoms with Crippen LogP contribution >= 0.6 is 0 Å². The van der Waals surface area contributed by atoms with Crippen LogP contribution in [0.4, 0.5) is 11.4 Å². The van der Waals surface area contributed by atoms with E-state index in [4.69, 9.17) is 21.9 Å². The van der Waals surface area contributed by atoms with Gasteiger partial charge in [-0.05, 0) is 45.7 Å². The normalized spacial score (nSPS) is 12.0. The molecule has 0 radical (unpaired) electrons. The number of nitro benzene ring substituents is 1. The van der Waals surface area contributed by atoms with E-state index in [1.54, 1.807) is 20.8 Å². The van der Waals surface area contributed by atoms with Gasteiger partial charge < -0.3 is 27.3 Å². The standard InChI is InChI=1S/C17H26N6O5/c1-17(2,3)28-15(25)11-9-10(6-7-13(11)23(26)27)22-14(24)12(18)5-4-8-21-16(19)20/h6-7,9,12H,4-5,8,18H2,1-3H3,(H,22,24)(H4,19,20,21)/t12-/m0/s1. The van der Waals surface area contributed by atoms with Gasteiger partial charge in [-0.2, -0.15) is 0 Å². The van der Waals surface area contributed by atoms with Crippen molar-refractivity contribution in [3.8, 4) is 0 Å². The highest BCUT2D eigenvalue weighted by molar-refractivity contribution is 5.99. The number of nitro groups is 1. The first kappa shape index (κ1) is 22.8. The van der Waals surface area contributed by atoms with Gasteiger partial charge >= 0.3 is 5.97 Å². The van der Waals surface area contributed by atoms with Crippen molar-refractivity contribution in [2.24, 2.45) is 22.2 Å². The lowest BCUT2D eigenvalue weighted by Gasteiger charge is -2.19. The summed E-state index contributed by atoms with van der Waals surface area (Å²) in [6.45, 7) is 5.26. The Morgan fingerprint density at radius 3 is 2.50 bits per heavy atom. The molecule has 11 nitrogen and oxygen atoms in total. The maximum absolute atomic E-state index is 12.3. The predicted molar refractivity (Wildman–Crippen MR) is 105 cm³/mol. The molecule has 0 heterocycles. The molecule has 1 atom stereocenters. The van der Waals surface area contributed by atoms with Gasteiger partial charge in [0.25, 0.3) is 5.69 Å². The molecule has 0 aromatic heterocycles. The first-order valence-corrected chi connectivity index (χ1v) is 8.54. The third-order valence-electron chi connectivity index (χ3n) is 3.38. The number of hydrogen-bond acceptors (Lipinski definition) is 7. The summed E-state index contributed by atoms with van der Waals surface area (Å²) in [5, 5.41) is 13.7. The number of carbonyl (C=O) groups excluding carboxylic acids is 2. The van der Waals surface area contributed by atoms with Gasteiger partial charge in [0, 0.05) is 18.3 Å². The number of aliphatic imine (C=N–C) groups is 1. The fraction of sp³-hybridized carbons (Fsp3) is 0.471. The number of benzene rings is 1. The molecule has 0 bridgehead atoms. The van der Waals surface area contributed by atoms with Crippen molar-refractivity contribution < 1.29 is 19.2 Å². The van der Waals surface area contributed by atoms with Crippen LogP contribution in [-0.4, -0.2) is 40.9 Å². The highest BCUT2D eigenvalue weighted by Crippen LogP contribution is 2.25. The number of anilines is 1. The van der Waals surface area contributed by atoms with Gasteiger partial charge in [-0.15, -0.1) is 0 Å². The first-order valence-electron chi connectivity index (χ1n) is 8.54. The minimum atomic E-state index is -0.864. The number of esters is 1. The zero-order valence-electron chi connectivity index (χ0n) is 16.1. The molecule has 28 heavy (non-hydrogen) atoms.